The Balaban J connectivity index is 0.00000144. The van der Waals surface area contributed by atoms with Crippen molar-refractivity contribution in [1.29, 1.82) is 0 Å². The molecule has 0 radical (unpaired) electrons. The fourth-order valence-electron chi connectivity index (χ4n) is 2.38. The maximum Gasteiger partial charge on any atom is 0.127 e. The molecule has 2 N–H and O–H groups in total. The van der Waals surface area contributed by atoms with Gasteiger partial charge < -0.3 is 5.73 Å². The van der Waals surface area contributed by atoms with Crippen molar-refractivity contribution in [2.24, 2.45) is 5.73 Å². The van der Waals surface area contributed by atoms with Gasteiger partial charge in [-0.25, -0.2) is 4.39 Å². The highest BCUT2D eigenvalue weighted by Crippen LogP contribution is 2.19. The van der Waals surface area contributed by atoms with E-state index in [9.17, 15) is 4.39 Å². The number of nitrogens with zero attached hydrogens (tertiary/aromatic N) is 1. The first kappa shape index (κ1) is 14.4. The van der Waals surface area contributed by atoms with Crippen LogP contribution in [0.3, 0.4) is 0 Å². The van der Waals surface area contributed by atoms with Crippen LogP contribution in [0.1, 0.15) is 24.8 Å². The Bertz CT molecular complexity index is 346. The summed E-state index contributed by atoms with van der Waals surface area (Å²) >= 11 is 0. The number of rotatable bonds is 3. The zero-order chi connectivity index (χ0) is 11.4. The van der Waals surface area contributed by atoms with E-state index < -0.39 is 0 Å². The number of likely N-dealkylation sites (tertiary alicyclic amines) is 1. The quantitative estimate of drug-likeness (QED) is 0.903. The van der Waals surface area contributed by atoms with E-state index in [2.05, 4.69) is 4.90 Å². The third-order valence-electron chi connectivity index (χ3n) is 3.35. The van der Waals surface area contributed by atoms with Gasteiger partial charge in [0.1, 0.15) is 5.82 Å². The van der Waals surface area contributed by atoms with E-state index in [4.69, 9.17) is 5.73 Å². The molecule has 4 heteroatoms. The summed E-state index contributed by atoms with van der Waals surface area (Å²) in [5, 5.41) is 0. The summed E-state index contributed by atoms with van der Waals surface area (Å²) in [4.78, 5) is 2.31. The van der Waals surface area contributed by atoms with Crippen LogP contribution in [-0.4, -0.2) is 24.0 Å². The smallest absolute Gasteiger partial charge is 0.127 e. The Kier molecular flexibility index (Phi) is 5.89. The molecule has 17 heavy (non-hydrogen) atoms. The fraction of sp³-hybridized carbons (Fsp3) is 0.538. The average Bonchev–Trinajstić information content (AvgIpc) is 2.33. The van der Waals surface area contributed by atoms with E-state index in [0.29, 0.717) is 19.1 Å². The summed E-state index contributed by atoms with van der Waals surface area (Å²) < 4.78 is 13.5. The van der Waals surface area contributed by atoms with Crippen LogP contribution in [0, 0.1) is 5.82 Å². The van der Waals surface area contributed by atoms with Crippen molar-refractivity contribution in [3.8, 4) is 0 Å². The SMILES string of the molecule is Cl.NCC1CCCCN1Cc1ccccc1F. The lowest BCUT2D eigenvalue weighted by Crippen LogP contribution is -2.43. The summed E-state index contributed by atoms with van der Waals surface area (Å²) in [6, 6.07) is 7.43. The highest BCUT2D eigenvalue weighted by atomic mass is 35.5. The molecule has 0 bridgehead atoms. The summed E-state index contributed by atoms with van der Waals surface area (Å²) in [6.07, 6.45) is 3.59. The molecule has 1 aromatic rings. The van der Waals surface area contributed by atoms with Crippen LogP contribution in [0.15, 0.2) is 24.3 Å². The minimum atomic E-state index is -0.108. The predicted molar refractivity (Wildman–Crippen MR) is 70.8 cm³/mol. The van der Waals surface area contributed by atoms with E-state index in [0.717, 1.165) is 18.5 Å². The molecule has 2 rings (SSSR count). The van der Waals surface area contributed by atoms with Gasteiger partial charge in [0.2, 0.25) is 0 Å². The molecule has 1 aliphatic heterocycles. The normalized spacial score (nSPS) is 20.9. The van der Waals surface area contributed by atoms with Gasteiger partial charge in [-0.15, -0.1) is 12.4 Å². The number of nitrogens with two attached hydrogens (primary N) is 1. The zero-order valence-electron chi connectivity index (χ0n) is 9.94. The minimum Gasteiger partial charge on any atom is -0.329 e. The molecule has 0 saturated carbocycles. The molecule has 0 aliphatic carbocycles. The molecule has 1 aromatic carbocycles. The Labute approximate surface area is 108 Å². The van der Waals surface area contributed by atoms with Crippen LogP contribution in [0.5, 0.6) is 0 Å². The van der Waals surface area contributed by atoms with Gasteiger partial charge in [0, 0.05) is 24.7 Å². The molecule has 1 atom stereocenters. The monoisotopic (exact) mass is 258 g/mol. The summed E-state index contributed by atoms with van der Waals surface area (Å²) in [7, 11) is 0. The number of hydrogen-bond acceptors (Lipinski definition) is 2. The number of hydrogen-bond donors (Lipinski definition) is 1. The second-order valence-corrected chi connectivity index (χ2v) is 4.45. The largest absolute Gasteiger partial charge is 0.329 e. The van der Waals surface area contributed by atoms with Crippen LogP contribution >= 0.6 is 12.4 Å². The highest BCUT2D eigenvalue weighted by Gasteiger charge is 2.21. The molecular formula is C13H20ClFN2. The van der Waals surface area contributed by atoms with Gasteiger partial charge in [-0.3, -0.25) is 4.90 Å². The first-order valence-corrected chi connectivity index (χ1v) is 5.99. The maximum atomic E-state index is 13.5. The molecule has 0 spiro atoms. The predicted octanol–water partition coefficient (Wildman–Crippen LogP) is 2.56. The van der Waals surface area contributed by atoms with E-state index in [-0.39, 0.29) is 18.2 Å². The van der Waals surface area contributed by atoms with Gasteiger partial charge in [0.15, 0.2) is 0 Å². The minimum absolute atomic E-state index is 0. The number of benzene rings is 1. The molecule has 1 unspecified atom stereocenters. The van der Waals surface area contributed by atoms with Gasteiger partial charge in [-0.1, -0.05) is 24.6 Å². The molecule has 1 heterocycles. The third kappa shape index (κ3) is 3.66. The summed E-state index contributed by atoms with van der Waals surface area (Å²) in [6.45, 7) is 2.40. The molecule has 1 saturated heterocycles. The van der Waals surface area contributed by atoms with Crippen LogP contribution in [0.25, 0.3) is 0 Å². The molecular weight excluding hydrogens is 239 g/mol. The second kappa shape index (κ2) is 6.94. The van der Waals surface area contributed by atoms with E-state index in [1.54, 1.807) is 6.07 Å². The molecule has 0 amide bonds. The van der Waals surface area contributed by atoms with Crippen molar-refractivity contribution in [1.82, 2.24) is 4.90 Å². The van der Waals surface area contributed by atoms with Crippen LogP contribution < -0.4 is 5.73 Å². The lowest BCUT2D eigenvalue weighted by atomic mass is 10.0. The van der Waals surface area contributed by atoms with Crippen molar-refractivity contribution in [3.05, 3.63) is 35.6 Å². The van der Waals surface area contributed by atoms with Crippen LogP contribution in [0.4, 0.5) is 4.39 Å². The van der Waals surface area contributed by atoms with Crippen molar-refractivity contribution < 1.29 is 4.39 Å². The van der Waals surface area contributed by atoms with Crippen molar-refractivity contribution in [2.45, 2.75) is 31.8 Å². The Morgan fingerprint density at radius 1 is 1.29 bits per heavy atom. The third-order valence-corrected chi connectivity index (χ3v) is 3.35. The average molecular weight is 259 g/mol. The Morgan fingerprint density at radius 2 is 2.06 bits per heavy atom. The van der Waals surface area contributed by atoms with Gasteiger partial charge in [-0.2, -0.15) is 0 Å². The van der Waals surface area contributed by atoms with Crippen molar-refractivity contribution in [3.63, 3.8) is 0 Å². The first-order valence-electron chi connectivity index (χ1n) is 5.99. The van der Waals surface area contributed by atoms with Crippen LogP contribution in [-0.2, 0) is 6.54 Å². The summed E-state index contributed by atoms with van der Waals surface area (Å²) in [5.41, 5.74) is 6.53. The fourth-order valence-corrected chi connectivity index (χ4v) is 2.38. The molecule has 1 fully saturated rings. The van der Waals surface area contributed by atoms with Crippen molar-refractivity contribution >= 4 is 12.4 Å². The molecule has 1 aliphatic rings. The first-order chi connectivity index (χ1) is 7.81. The molecule has 2 nitrogen and oxygen atoms in total. The van der Waals surface area contributed by atoms with E-state index in [1.165, 1.54) is 18.9 Å². The van der Waals surface area contributed by atoms with Gasteiger partial charge in [0.25, 0.3) is 0 Å². The standard InChI is InChI=1S/C13H19FN2.ClH/c14-13-7-2-1-5-11(13)10-16-8-4-3-6-12(16)9-15;/h1-2,5,7,12H,3-4,6,8-10,15H2;1H. The second-order valence-electron chi connectivity index (χ2n) is 4.45. The number of halogens is 2. The zero-order valence-corrected chi connectivity index (χ0v) is 10.8. The summed E-state index contributed by atoms with van der Waals surface area (Å²) in [5.74, 6) is -0.108. The highest BCUT2D eigenvalue weighted by molar-refractivity contribution is 5.85. The van der Waals surface area contributed by atoms with Gasteiger partial charge >= 0.3 is 0 Å². The molecule has 96 valence electrons. The lowest BCUT2D eigenvalue weighted by molar-refractivity contribution is 0.143. The molecule has 0 aromatic heterocycles. The van der Waals surface area contributed by atoms with Crippen molar-refractivity contribution in [2.75, 3.05) is 13.1 Å². The number of piperidine rings is 1. The Hall–Kier alpha value is -0.640. The van der Waals surface area contributed by atoms with E-state index in [1.807, 2.05) is 12.1 Å². The maximum absolute atomic E-state index is 13.5. The van der Waals surface area contributed by atoms with E-state index >= 15 is 0 Å². The van der Waals surface area contributed by atoms with Crippen LogP contribution in [0.2, 0.25) is 0 Å². The lowest BCUT2D eigenvalue weighted by Gasteiger charge is -2.35. The van der Waals surface area contributed by atoms with Gasteiger partial charge in [-0.05, 0) is 25.5 Å². The van der Waals surface area contributed by atoms with Gasteiger partial charge in [0.05, 0.1) is 0 Å². The Morgan fingerprint density at radius 3 is 2.76 bits per heavy atom. The topological polar surface area (TPSA) is 29.3 Å².